The fourth-order valence-corrected chi connectivity index (χ4v) is 4.09. The summed E-state index contributed by atoms with van der Waals surface area (Å²) in [5.74, 6) is 0.773. The molecule has 1 N–H and O–H groups in total. The molecule has 3 heterocycles. The van der Waals surface area contributed by atoms with Gasteiger partial charge < -0.3 is 14.5 Å². The van der Waals surface area contributed by atoms with Gasteiger partial charge in [0.05, 0.1) is 40.3 Å². The first-order valence-corrected chi connectivity index (χ1v) is 10.8. The summed E-state index contributed by atoms with van der Waals surface area (Å²) < 4.78 is 13.1. The molecular formula is C19H18ClN5O5S. The monoisotopic (exact) mass is 463 g/mol. The van der Waals surface area contributed by atoms with Crippen molar-refractivity contribution in [3.05, 3.63) is 51.7 Å². The van der Waals surface area contributed by atoms with Crippen molar-refractivity contribution in [1.82, 2.24) is 14.8 Å². The van der Waals surface area contributed by atoms with Gasteiger partial charge in [-0.25, -0.2) is 0 Å². The molecule has 1 amide bonds. The van der Waals surface area contributed by atoms with Crippen LogP contribution < -0.4 is 5.32 Å². The van der Waals surface area contributed by atoms with Gasteiger partial charge in [0.15, 0.2) is 10.9 Å². The van der Waals surface area contributed by atoms with Gasteiger partial charge in [-0.15, -0.1) is 10.2 Å². The Balaban J connectivity index is 1.47. The molecule has 1 fully saturated rings. The molecule has 0 saturated carbocycles. The Morgan fingerprint density at radius 1 is 1.39 bits per heavy atom. The fourth-order valence-electron chi connectivity index (χ4n) is 3.18. The lowest BCUT2D eigenvalue weighted by Gasteiger charge is -2.14. The van der Waals surface area contributed by atoms with Crippen LogP contribution in [0.1, 0.15) is 12.8 Å². The van der Waals surface area contributed by atoms with Crippen LogP contribution >= 0.6 is 23.4 Å². The van der Waals surface area contributed by atoms with E-state index >= 15 is 0 Å². The molecule has 0 bridgehead atoms. The van der Waals surface area contributed by atoms with Crippen molar-refractivity contribution < 1.29 is 18.9 Å². The van der Waals surface area contributed by atoms with E-state index in [4.69, 9.17) is 20.8 Å². The van der Waals surface area contributed by atoms with E-state index in [9.17, 15) is 14.9 Å². The van der Waals surface area contributed by atoms with Crippen molar-refractivity contribution in [2.24, 2.45) is 0 Å². The van der Waals surface area contributed by atoms with Crippen molar-refractivity contribution in [3.8, 4) is 11.6 Å². The first kappa shape index (κ1) is 21.3. The second-order valence-corrected chi connectivity index (χ2v) is 8.14. The molecule has 2 aromatic heterocycles. The number of benzene rings is 1. The molecule has 0 spiro atoms. The third-order valence-electron chi connectivity index (χ3n) is 4.64. The third-order valence-corrected chi connectivity index (χ3v) is 5.93. The summed E-state index contributed by atoms with van der Waals surface area (Å²) in [4.78, 5) is 22.8. The topological polar surface area (TPSA) is 125 Å². The first-order valence-electron chi connectivity index (χ1n) is 9.46. The molecule has 10 nitrogen and oxygen atoms in total. The van der Waals surface area contributed by atoms with E-state index in [2.05, 4.69) is 15.5 Å². The normalized spacial score (nSPS) is 15.8. The molecule has 1 aromatic carbocycles. The third kappa shape index (κ3) is 5.06. The molecule has 31 heavy (non-hydrogen) atoms. The Kier molecular flexibility index (Phi) is 6.54. The smallest absolute Gasteiger partial charge is 0.271 e. The van der Waals surface area contributed by atoms with E-state index in [0.29, 0.717) is 23.3 Å². The number of carbonyl (C=O) groups is 1. The Morgan fingerprint density at radius 2 is 2.26 bits per heavy atom. The number of rotatable bonds is 8. The van der Waals surface area contributed by atoms with E-state index in [-0.39, 0.29) is 34.2 Å². The Hall–Kier alpha value is -2.89. The van der Waals surface area contributed by atoms with Crippen LogP contribution in [0, 0.1) is 10.1 Å². The van der Waals surface area contributed by atoms with Crippen molar-refractivity contribution in [3.63, 3.8) is 0 Å². The lowest BCUT2D eigenvalue weighted by atomic mass is 10.2. The number of nitrogens with one attached hydrogen (secondary N) is 1. The number of furan rings is 1. The molecule has 4 rings (SSSR count). The zero-order valence-corrected chi connectivity index (χ0v) is 17.8. The molecule has 3 aromatic rings. The molecular weight excluding hydrogens is 446 g/mol. The number of nitrogens with zero attached hydrogens (tertiary/aromatic N) is 4. The van der Waals surface area contributed by atoms with Gasteiger partial charge in [-0.3, -0.25) is 19.5 Å². The van der Waals surface area contributed by atoms with E-state index in [1.54, 1.807) is 18.4 Å². The highest BCUT2D eigenvalue weighted by molar-refractivity contribution is 7.99. The Labute approximate surface area is 186 Å². The van der Waals surface area contributed by atoms with E-state index in [1.165, 1.54) is 30.0 Å². The number of hydrogen-bond acceptors (Lipinski definition) is 8. The number of hydrogen-bond donors (Lipinski definition) is 1. The molecule has 1 saturated heterocycles. The minimum atomic E-state index is -0.551. The fraction of sp³-hybridized carbons (Fsp3) is 0.316. The summed E-state index contributed by atoms with van der Waals surface area (Å²) in [5, 5.41) is 22.7. The number of ether oxygens (including phenoxy) is 1. The van der Waals surface area contributed by atoms with Gasteiger partial charge >= 0.3 is 0 Å². The summed E-state index contributed by atoms with van der Waals surface area (Å²) in [5.41, 5.74) is 0.0188. The van der Waals surface area contributed by atoms with Gasteiger partial charge in [-0.05, 0) is 31.0 Å². The molecule has 1 atom stereocenters. The SMILES string of the molecule is O=C(CSc1nnc(-c2ccco2)n1CC1CCCO1)Nc1cc([N+](=O)[O-])ccc1Cl. The maximum atomic E-state index is 12.4. The first-order chi connectivity index (χ1) is 15.0. The van der Waals surface area contributed by atoms with Gasteiger partial charge in [-0.2, -0.15) is 0 Å². The van der Waals surface area contributed by atoms with Crippen LogP contribution in [0.3, 0.4) is 0 Å². The molecule has 0 aliphatic carbocycles. The molecule has 12 heteroatoms. The van der Waals surface area contributed by atoms with Crippen LogP contribution in [-0.4, -0.2) is 44.1 Å². The summed E-state index contributed by atoms with van der Waals surface area (Å²) in [6.07, 6.45) is 3.54. The highest BCUT2D eigenvalue weighted by Gasteiger charge is 2.23. The molecule has 1 unspecified atom stereocenters. The van der Waals surface area contributed by atoms with Gasteiger partial charge in [0, 0.05) is 18.7 Å². The maximum absolute atomic E-state index is 12.4. The van der Waals surface area contributed by atoms with Gasteiger partial charge in [-0.1, -0.05) is 23.4 Å². The second-order valence-electron chi connectivity index (χ2n) is 6.79. The number of aromatic nitrogens is 3. The number of thioether (sulfide) groups is 1. The van der Waals surface area contributed by atoms with Crippen LogP contribution in [0.15, 0.2) is 46.2 Å². The number of nitro groups is 1. The predicted molar refractivity (Wildman–Crippen MR) is 114 cm³/mol. The van der Waals surface area contributed by atoms with Crippen molar-refractivity contribution in [1.29, 1.82) is 0 Å². The zero-order valence-electron chi connectivity index (χ0n) is 16.2. The summed E-state index contributed by atoms with van der Waals surface area (Å²) in [7, 11) is 0. The summed E-state index contributed by atoms with van der Waals surface area (Å²) in [6, 6.07) is 7.43. The van der Waals surface area contributed by atoms with E-state index in [0.717, 1.165) is 19.4 Å². The number of nitro benzene ring substituents is 1. The summed E-state index contributed by atoms with van der Waals surface area (Å²) >= 11 is 7.24. The lowest BCUT2D eigenvalue weighted by Crippen LogP contribution is -2.18. The minimum Gasteiger partial charge on any atom is -0.461 e. The quantitative estimate of drug-likeness (QED) is 0.301. The van der Waals surface area contributed by atoms with Gasteiger partial charge in [0.2, 0.25) is 11.7 Å². The molecule has 162 valence electrons. The van der Waals surface area contributed by atoms with Crippen molar-refractivity contribution in [2.45, 2.75) is 30.6 Å². The number of carbonyl (C=O) groups excluding carboxylic acids is 1. The molecule has 1 aliphatic heterocycles. The lowest BCUT2D eigenvalue weighted by molar-refractivity contribution is -0.384. The highest BCUT2D eigenvalue weighted by Crippen LogP contribution is 2.29. The van der Waals surface area contributed by atoms with E-state index < -0.39 is 4.92 Å². The Bertz CT molecular complexity index is 1080. The van der Waals surface area contributed by atoms with Gasteiger partial charge in [0.25, 0.3) is 5.69 Å². The second kappa shape index (κ2) is 9.50. The maximum Gasteiger partial charge on any atom is 0.271 e. The average molecular weight is 464 g/mol. The largest absolute Gasteiger partial charge is 0.461 e. The zero-order chi connectivity index (χ0) is 21.8. The van der Waals surface area contributed by atoms with Crippen LogP contribution in [0.4, 0.5) is 11.4 Å². The van der Waals surface area contributed by atoms with E-state index in [1.807, 2.05) is 4.57 Å². The van der Waals surface area contributed by atoms with Crippen LogP contribution in [0.5, 0.6) is 0 Å². The minimum absolute atomic E-state index is 0.0147. The standard InChI is InChI=1S/C19H18ClN5O5S/c20-14-6-5-12(25(27)28)9-15(14)21-17(26)11-31-19-23-22-18(16-4-2-8-30-16)24(19)10-13-3-1-7-29-13/h2,4-6,8-9,13H,1,3,7,10-11H2,(H,21,26). The van der Waals surface area contributed by atoms with Crippen LogP contribution in [0.25, 0.3) is 11.6 Å². The van der Waals surface area contributed by atoms with Crippen molar-refractivity contribution >= 4 is 40.6 Å². The Morgan fingerprint density at radius 3 is 2.97 bits per heavy atom. The number of anilines is 1. The average Bonchev–Trinajstić information content (AvgIpc) is 3.50. The number of amides is 1. The van der Waals surface area contributed by atoms with Crippen LogP contribution in [0.2, 0.25) is 5.02 Å². The summed E-state index contributed by atoms with van der Waals surface area (Å²) in [6.45, 7) is 1.27. The number of halogens is 1. The van der Waals surface area contributed by atoms with Crippen LogP contribution in [-0.2, 0) is 16.1 Å². The molecule has 0 radical (unpaired) electrons. The van der Waals surface area contributed by atoms with Crippen molar-refractivity contribution in [2.75, 3.05) is 17.7 Å². The predicted octanol–water partition coefficient (Wildman–Crippen LogP) is 4.01. The highest BCUT2D eigenvalue weighted by atomic mass is 35.5. The number of non-ortho nitro benzene ring substituents is 1. The van der Waals surface area contributed by atoms with Gasteiger partial charge in [0.1, 0.15) is 0 Å². The molecule has 1 aliphatic rings.